The van der Waals surface area contributed by atoms with E-state index in [9.17, 15) is 14.4 Å². The molecule has 0 aliphatic carbocycles. The number of nitrogens with zero attached hydrogens (tertiary/aromatic N) is 1. The van der Waals surface area contributed by atoms with Gasteiger partial charge in [0.05, 0.1) is 27.2 Å². The average molecular weight is 702 g/mol. The van der Waals surface area contributed by atoms with Crippen LogP contribution in [0.1, 0.15) is 99.6 Å². The van der Waals surface area contributed by atoms with E-state index in [1.54, 1.807) is 32.3 Å². The monoisotopic (exact) mass is 701 g/mol. The van der Waals surface area contributed by atoms with E-state index >= 15 is 0 Å². The highest BCUT2D eigenvalue weighted by molar-refractivity contribution is 5.89. The second kappa shape index (κ2) is 17.6. The van der Waals surface area contributed by atoms with Gasteiger partial charge in [0.15, 0.2) is 17.3 Å². The lowest BCUT2D eigenvalue weighted by atomic mass is 9.90. The van der Waals surface area contributed by atoms with Crippen LogP contribution in [0, 0.1) is 19.3 Å². The van der Waals surface area contributed by atoms with Gasteiger partial charge in [0.25, 0.3) is 0 Å². The maximum atomic E-state index is 14.3. The molecule has 1 amide bonds. The minimum absolute atomic E-state index is 0.0414. The molecule has 0 spiro atoms. The number of likely N-dealkylation sites (tertiary alicyclic amines) is 1. The quantitative estimate of drug-likeness (QED) is 0.147. The van der Waals surface area contributed by atoms with Crippen LogP contribution in [0.25, 0.3) is 0 Å². The molecule has 3 atom stereocenters. The highest BCUT2D eigenvalue weighted by Gasteiger charge is 2.38. The first-order chi connectivity index (χ1) is 24.3. The molecule has 0 bridgehead atoms. The molecule has 0 N–H and O–H groups in total. The highest BCUT2D eigenvalue weighted by atomic mass is 16.5. The fraction of sp³-hybridized carbons (Fsp3) is 0.500. The molecule has 1 aliphatic heterocycles. The van der Waals surface area contributed by atoms with Crippen LogP contribution in [0.15, 0.2) is 54.6 Å². The number of esters is 1. The van der Waals surface area contributed by atoms with Crippen molar-refractivity contribution in [3.8, 4) is 23.0 Å². The molecule has 0 radical (unpaired) electrons. The van der Waals surface area contributed by atoms with Crippen molar-refractivity contribution >= 4 is 17.7 Å². The summed E-state index contributed by atoms with van der Waals surface area (Å²) in [5.74, 6) is 1.56. The van der Waals surface area contributed by atoms with E-state index in [-0.39, 0.29) is 18.3 Å². The van der Waals surface area contributed by atoms with Crippen LogP contribution in [0.3, 0.4) is 0 Å². The maximum Gasteiger partial charge on any atom is 0.329 e. The van der Waals surface area contributed by atoms with Crippen molar-refractivity contribution in [2.75, 3.05) is 34.5 Å². The Kier molecular flexibility index (Phi) is 13.6. The molecule has 9 heteroatoms. The lowest BCUT2D eigenvalue weighted by molar-refractivity contribution is -0.162. The molecule has 0 saturated carbocycles. The molecule has 3 aromatic carbocycles. The molecule has 0 unspecified atom stereocenters. The molecule has 1 saturated heterocycles. The van der Waals surface area contributed by atoms with Gasteiger partial charge in [-0.15, -0.1) is 0 Å². The number of hydrogen-bond acceptors (Lipinski definition) is 8. The molecular weight excluding hydrogens is 646 g/mol. The van der Waals surface area contributed by atoms with E-state index in [0.29, 0.717) is 55.0 Å². The number of methoxy groups -OCH3 is 3. The summed E-state index contributed by atoms with van der Waals surface area (Å²) in [6.45, 7) is 11.9. The van der Waals surface area contributed by atoms with Gasteiger partial charge in [-0.25, -0.2) is 4.79 Å². The van der Waals surface area contributed by atoms with Crippen molar-refractivity contribution in [3.05, 3.63) is 82.4 Å². The van der Waals surface area contributed by atoms with Crippen molar-refractivity contribution < 1.29 is 38.1 Å². The number of para-hydroxylation sites is 1. The van der Waals surface area contributed by atoms with Crippen molar-refractivity contribution in [2.24, 2.45) is 5.41 Å². The first-order valence-corrected chi connectivity index (χ1v) is 17.9. The van der Waals surface area contributed by atoms with Crippen LogP contribution < -0.4 is 18.9 Å². The summed E-state index contributed by atoms with van der Waals surface area (Å²) in [7, 11) is 4.84. The highest BCUT2D eigenvalue weighted by Crippen LogP contribution is 2.36. The van der Waals surface area contributed by atoms with Gasteiger partial charge in [0, 0.05) is 17.5 Å². The third kappa shape index (κ3) is 9.63. The molecule has 1 fully saturated rings. The van der Waals surface area contributed by atoms with Crippen LogP contribution in [0.2, 0.25) is 0 Å². The van der Waals surface area contributed by atoms with Gasteiger partial charge >= 0.3 is 5.97 Å². The summed E-state index contributed by atoms with van der Waals surface area (Å²) in [6, 6.07) is 16.4. The number of piperidine rings is 1. The number of benzene rings is 3. The Labute approximate surface area is 303 Å². The smallest absolute Gasteiger partial charge is 0.329 e. The largest absolute Gasteiger partial charge is 0.496 e. The third-order valence-corrected chi connectivity index (χ3v) is 9.72. The standard InChI is InChI=1S/C42H55NO8/c1-10-31(30-23-27(2)39(49-9)28(3)24-30)40(45)43-22-14-13-16-33(43)41(46)51-35(20-18-29-19-21-36(47-7)37(25-29)48-8)32-15-11-12-17-34(32)50-26-38(44)42(4,5)6/h11-12,15,17,19,21,23-25,31,33,35H,10,13-14,16,18,20,22,26H2,1-9H3/t31-,33-,35+/m0/s1. The second-order valence-corrected chi connectivity index (χ2v) is 14.3. The first-order valence-electron chi connectivity index (χ1n) is 17.9. The minimum Gasteiger partial charge on any atom is -0.496 e. The number of ether oxygens (including phenoxy) is 5. The Morgan fingerprint density at radius 3 is 2.18 bits per heavy atom. The van der Waals surface area contributed by atoms with E-state index in [1.807, 2.05) is 90.1 Å². The van der Waals surface area contributed by atoms with Gasteiger partial charge in [-0.1, -0.05) is 64.1 Å². The molecule has 9 nitrogen and oxygen atoms in total. The third-order valence-electron chi connectivity index (χ3n) is 9.72. The molecule has 1 heterocycles. The van der Waals surface area contributed by atoms with Crippen LogP contribution in [0.5, 0.6) is 23.0 Å². The summed E-state index contributed by atoms with van der Waals surface area (Å²) < 4.78 is 29.0. The van der Waals surface area contributed by atoms with E-state index < -0.39 is 29.4 Å². The van der Waals surface area contributed by atoms with Gasteiger partial charge in [-0.2, -0.15) is 0 Å². The molecule has 51 heavy (non-hydrogen) atoms. The van der Waals surface area contributed by atoms with Crippen LogP contribution in [-0.4, -0.2) is 63.1 Å². The lowest BCUT2D eigenvalue weighted by Crippen LogP contribution is -2.50. The molecule has 0 aromatic heterocycles. The van der Waals surface area contributed by atoms with Gasteiger partial charge in [-0.05, 0) is 92.8 Å². The molecular formula is C42H55NO8. The molecule has 4 rings (SSSR count). The number of amides is 1. The number of ketones is 1. The van der Waals surface area contributed by atoms with Gasteiger partial charge in [0.1, 0.15) is 30.3 Å². The fourth-order valence-electron chi connectivity index (χ4n) is 6.77. The van der Waals surface area contributed by atoms with Crippen molar-refractivity contribution in [1.82, 2.24) is 4.90 Å². The first kappa shape index (κ1) is 39.3. The zero-order valence-electron chi connectivity index (χ0n) is 31.8. The molecule has 1 aliphatic rings. The Hall–Kier alpha value is -4.53. The van der Waals surface area contributed by atoms with E-state index in [2.05, 4.69) is 0 Å². The Morgan fingerprint density at radius 1 is 0.863 bits per heavy atom. The van der Waals surface area contributed by atoms with Gasteiger partial charge < -0.3 is 28.6 Å². The lowest BCUT2D eigenvalue weighted by Gasteiger charge is -2.37. The zero-order chi connectivity index (χ0) is 37.3. The summed E-state index contributed by atoms with van der Waals surface area (Å²) in [5.41, 5.74) is 3.92. The summed E-state index contributed by atoms with van der Waals surface area (Å²) in [6.07, 6.45) is 3.00. The molecule has 3 aromatic rings. The number of hydrogen-bond donors (Lipinski definition) is 0. The second-order valence-electron chi connectivity index (χ2n) is 14.3. The number of carbonyl (C=O) groups is 3. The van der Waals surface area contributed by atoms with Crippen molar-refractivity contribution in [2.45, 2.75) is 98.1 Å². The predicted octanol–water partition coefficient (Wildman–Crippen LogP) is 8.12. The zero-order valence-corrected chi connectivity index (χ0v) is 31.8. The number of rotatable bonds is 15. The summed E-state index contributed by atoms with van der Waals surface area (Å²) in [4.78, 5) is 43.1. The van der Waals surface area contributed by atoms with E-state index in [0.717, 1.165) is 40.8 Å². The number of Topliss-reactive ketones (excluding diaryl/α,β-unsaturated/α-hetero) is 1. The van der Waals surface area contributed by atoms with Crippen LogP contribution >= 0.6 is 0 Å². The number of aryl methyl sites for hydroxylation is 3. The molecule has 276 valence electrons. The van der Waals surface area contributed by atoms with Crippen molar-refractivity contribution in [1.29, 1.82) is 0 Å². The van der Waals surface area contributed by atoms with Crippen molar-refractivity contribution in [3.63, 3.8) is 0 Å². The Bertz CT molecular complexity index is 1650. The fourth-order valence-corrected chi connectivity index (χ4v) is 6.77. The van der Waals surface area contributed by atoms with Crippen LogP contribution in [0.4, 0.5) is 0 Å². The van der Waals surface area contributed by atoms with Gasteiger partial charge in [-0.3, -0.25) is 9.59 Å². The number of carbonyl (C=O) groups excluding carboxylic acids is 3. The topological polar surface area (TPSA) is 101 Å². The van der Waals surface area contributed by atoms with E-state index in [4.69, 9.17) is 23.7 Å². The minimum atomic E-state index is -0.722. The summed E-state index contributed by atoms with van der Waals surface area (Å²) in [5, 5.41) is 0. The maximum absolute atomic E-state index is 14.3. The van der Waals surface area contributed by atoms with Gasteiger partial charge in [0.2, 0.25) is 5.91 Å². The average Bonchev–Trinajstić information content (AvgIpc) is 3.12. The normalized spacial score (nSPS) is 15.8. The Morgan fingerprint density at radius 2 is 1.55 bits per heavy atom. The SMILES string of the molecule is CC[C@H](C(=O)N1CCCC[C@H]1C(=O)O[C@H](CCc1ccc(OC)c(OC)c1)c1ccccc1OCC(=O)C(C)(C)C)c1cc(C)c(OC)c(C)c1. The Balaban J connectivity index is 1.64. The summed E-state index contributed by atoms with van der Waals surface area (Å²) >= 11 is 0. The van der Waals surface area contributed by atoms with Crippen LogP contribution in [-0.2, 0) is 25.5 Å². The predicted molar refractivity (Wildman–Crippen MR) is 198 cm³/mol. The van der Waals surface area contributed by atoms with E-state index in [1.165, 1.54) is 0 Å².